The average molecular weight is 510 g/mol. The number of ether oxygens (including phenoxy) is 1. The Morgan fingerprint density at radius 2 is 1.71 bits per heavy atom. The second kappa shape index (κ2) is 9.45. The van der Waals surface area contributed by atoms with E-state index in [1.807, 2.05) is 0 Å². The molecule has 0 aliphatic heterocycles. The molecule has 2 heterocycles. The van der Waals surface area contributed by atoms with E-state index in [1.165, 1.54) is 18.5 Å². The van der Waals surface area contributed by atoms with Gasteiger partial charge in [-0.2, -0.15) is 0 Å². The zero-order valence-electron chi connectivity index (χ0n) is 10.2. The van der Waals surface area contributed by atoms with Gasteiger partial charge in [0, 0.05) is 6.20 Å². The van der Waals surface area contributed by atoms with Crippen molar-refractivity contribution in [2.45, 2.75) is 0 Å². The SMILES string of the molecule is O=COc1ccc(-c2ccc(C(=O)O)cn2)nc1.[Cl][Pt][Cl]. The first-order chi connectivity index (χ1) is 10.1. The number of carbonyl (C=O) groups excluding carboxylic acids is 1. The zero-order valence-corrected chi connectivity index (χ0v) is 14.0. The Morgan fingerprint density at radius 1 is 1.14 bits per heavy atom. The van der Waals surface area contributed by atoms with Gasteiger partial charge >= 0.3 is 41.3 Å². The molecule has 114 valence electrons. The van der Waals surface area contributed by atoms with Gasteiger partial charge in [-0.05, 0) is 24.3 Å². The molecule has 9 heteroatoms. The second-order valence-corrected chi connectivity index (χ2v) is 6.66. The molecule has 0 aliphatic rings. The van der Waals surface area contributed by atoms with E-state index in [0.717, 1.165) is 0 Å². The summed E-state index contributed by atoms with van der Waals surface area (Å²) in [6.45, 7) is 0.316. The molecule has 2 rings (SSSR count). The van der Waals surface area contributed by atoms with E-state index in [1.54, 1.807) is 18.2 Å². The number of carboxylic acids is 1. The maximum atomic E-state index is 10.7. The van der Waals surface area contributed by atoms with Crippen LogP contribution in [-0.2, 0) is 21.3 Å². The standard InChI is InChI=1S/C12H8N2O4.2ClH.Pt/c15-7-18-9-2-4-11(14-6-9)10-3-1-8(5-13-10)12(16)17;;;/h1-7H,(H,16,17);2*1H;/q;;;+2/p-2. The molecular weight excluding hydrogens is 502 g/mol. The van der Waals surface area contributed by atoms with Crippen LogP contribution in [0.4, 0.5) is 0 Å². The van der Waals surface area contributed by atoms with Gasteiger partial charge in [0.25, 0.3) is 6.47 Å². The predicted octanol–water partition coefficient (Wildman–Crippen LogP) is 2.75. The van der Waals surface area contributed by atoms with Gasteiger partial charge in [0.15, 0.2) is 0 Å². The first-order valence-electron chi connectivity index (χ1n) is 5.20. The van der Waals surface area contributed by atoms with Gasteiger partial charge in [0.05, 0.1) is 23.1 Å². The van der Waals surface area contributed by atoms with Crippen molar-refractivity contribution in [2.75, 3.05) is 0 Å². The van der Waals surface area contributed by atoms with Gasteiger partial charge in [0.1, 0.15) is 5.75 Å². The monoisotopic (exact) mass is 509 g/mol. The molecule has 0 fully saturated rings. The van der Waals surface area contributed by atoms with Gasteiger partial charge in [-0.25, -0.2) is 4.79 Å². The van der Waals surface area contributed by atoms with Crippen molar-refractivity contribution in [1.82, 2.24) is 9.97 Å². The van der Waals surface area contributed by atoms with Crippen molar-refractivity contribution in [3.63, 3.8) is 0 Å². The fraction of sp³-hybridized carbons (Fsp3) is 0. The van der Waals surface area contributed by atoms with Crippen LogP contribution in [0.15, 0.2) is 36.7 Å². The summed E-state index contributed by atoms with van der Waals surface area (Å²) in [6.07, 6.45) is 2.64. The number of hydrogen-bond donors (Lipinski definition) is 1. The number of aromatic nitrogens is 2. The van der Waals surface area contributed by atoms with E-state index in [2.05, 4.69) is 14.7 Å². The Balaban J connectivity index is 0.000000677. The van der Waals surface area contributed by atoms with Gasteiger partial charge < -0.3 is 9.84 Å². The van der Waals surface area contributed by atoms with Crippen LogP contribution < -0.4 is 4.74 Å². The quantitative estimate of drug-likeness (QED) is 0.637. The molecule has 0 saturated carbocycles. The average Bonchev–Trinajstić information content (AvgIpc) is 2.49. The molecule has 6 nitrogen and oxygen atoms in total. The van der Waals surface area contributed by atoms with Crippen molar-refractivity contribution < 1.29 is 35.9 Å². The Kier molecular flexibility index (Phi) is 7.90. The van der Waals surface area contributed by atoms with Crippen LogP contribution in [0.25, 0.3) is 11.4 Å². The summed E-state index contributed by atoms with van der Waals surface area (Å²) in [5, 5.41) is 8.74. The number of halogens is 2. The second-order valence-electron chi connectivity index (χ2n) is 3.38. The molecule has 2 aromatic rings. The molecule has 0 saturated heterocycles. The molecule has 1 N–H and O–H groups in total. The van der Waals surface area contributed by atoms with Crippen molar-refractivity contribution in [3.05, 3.63) is 42.2 Å². The Bertz CT molecular complexity index is 593. The number of carboxylic acid groups (broad SMARTS) is 1. The van der Waals surface area contributed by atoms with E-state index < -0.39 is 22.5 Å². The first-order valence-corrected chi connectivity index (χ1v) is 10.8. The number of carbonyl (C=O) groups is 2. The van der Waals surface area contributed by atoms with Gasteiger partial charge in [-0.15, -0.1) is 0 Å². The van der Waals surface area contributed by atoms with Crippen LogP contribution in [-0.4, -0.2) is 27.5 Å². The van der Waals surface area contributed by atoms with E-state index >= 15 is 0 Å². The van der Waals surface area contributed by atoms with Gasteiger partial charge in [0.2, 0.25) is 0 Å². The predicted molar refractivity (Wildman–Crippen MR) is 72.8 cm³/mol. The topological polar surface area (TPSA) is 89.4 Å². The Hall–Kier alpha value is -1.49. The third-order valence-corrected chi connectivity index (χ3v) is 2.19. The first kappa shape index (κ1) is 17.6. The normalized spacial score (nSPS) is 9.43. The summed E-state index contributed by atoms with van der Waals surface area (Å²) in [5.74, 6) is -0.701. The Morgan fingerprint density at radius 3 is 2.10 bits per heavy atom. The van der Waals surface area contributed by atoms with Crippen LogP contribution in [0, 0.1) is 0 Å². The molecular formula is C12H8Cl2N2O4Pt. The molecule has 0 bridgehead atoms. The third kappa shape index (κ3) is 5.79. The summed E-state index contributed by atoms with van der Waals surface area (Å²) < 4.78 is 4.61. The molecule has 0 aromatic carbocycles. The van der Waals surface area contributed by atoms with Gasteiger partial charge in [-0.1, -0.05) is 0 Å². The van der Waals surface area contributed by atoms with Crippen LogP contribution >= 0.6 is 18.8 Å². The minimum absolute atomic E-state index is 0.111. The van der Waals surface area contributed by atoms with E-state index in [9.17, 15) is 9.59 Å². The molecule has 0 unspecified atom stereocenters. The van der Waals surface area contributed by atoms with E-state index in [0.29, 0.717) is 23.6 Å². The summed E-state index contributed by atoms with van der Waals surface area (Å²) in [4.78, 5) is 28.8. The van der Waals surface area contributed by atoms with Crippen molar-refractivity contribution in [2.24, 2.45) is 0 Å². The molecule has 0 spiro atoms. The fourth-order valence-corrected chi connectivity index (χ4v) is 1.33. The summed E-state index contributed by atoms with van der Waals surface area (Å²) >= 11 is -0.472. The van der Waals surface area contributed by atoms with Crippen LogP contribution in [0.1, 0.15) is 10.4 Å². The van der Waals surface area contributed by atoms with Gasteiger partial charge in [-0.3, -0.25) is 14.8 Å². The zero-order chi connectivity index (χ0) is 15.7. The molecule has 21 heavy (non-hydrogen) atoms. The Labute approximate surface area is 136 Å². The number of nitrogens with zero attached hydrogens (tertiary/aromatic N) is 2. The molecule has 0 atom stereocenters. The number of pyridine rings is 2. The molecule has 0 aliphatic carbocycles. The molecule has 2 aromatic heterocycles. The fourth-order valence-electron chi connectivity index (χ4n) is 1.33. The number of aromatic carboxylic acids is 1. The van der Waals surface area contributed by atoms with Crippen molar-refractivity contribution in [1.29, 1.82) is 0 Å². The molecule has 0 amide bonds. The minimum atomic E-state index is -1.03. The summed E-state index contributed by atoms with van der Waals surface area (Å²) in [5.41, 5.74) is 1.21. The third-order valence-electron chi connectivity index (χ3n) is 2.19. The van der Waals surface area contributed by atoms with E-state index in [-0.39, 0.29) is 5.56 Å². The summed E-state index contributed by atoms with van der Waals surface area (Å²) in [6, 6.07) is 6.21. The maximum absolute atomic E-state index is 10.7. The number of hydrogen-bond acceptors (Lipinski definition) is 5. The van der Waals surface area contributed by atoms with Crippen LogP contribution in [0.2, 0.25) is 0 Å². The van der Waals surface area contributed by atoms with Crippen molar-refractivity contribution >= 4 is 31.3 Å². The van der Waals surface area contributed by atoms with Crippen LogP contribution in [0.5, 0.6) is 5.75 Å². The molecule has 0 radical (unpaired) electrons. The summed E-state index contributed by atoms with van der Waals surface area (Å²) in [7, 11) is 9.75. The van der Waals surface area contributed by atoms with Crippen LogP contribution in [0.3, 0.4) is 0 Å². The van der Waals surface area contributed by atoms with E-state index in [4.69, 9.17) is 23.9 Å². The van der Waals surface area contributed by atoms with Crippen molar-refractivity contribution in [3.8, 4) is 17.1 Å². The number of rotatable bonds is 4.